The summed E-state index contributed by atoms with van der Waals surface area (Å²) in [6.07, 6.45) is 0.817. The highest BCUT2D eigenvalue weighted by atomic mass is 79.9. The van der Waals surface area contributed by atoms with Crippen molar-refractivity contribution >= 4 is 33.2 Å². The quantitative estimate of drug-likeness (QED) is 0.751. The van der Waals surface area contributed by atoms with Crippen molar-refractivity contribution in [2.45, 2.75) is 20.3 Å². The summed E-state index contributed by atoms with van der Waals surface area (Å²) in [4.78, 5) is 4.18. The van der Waals surface area contributed by atoms with Crippen LogP contribution in [0.1, 0.15) is 18.6 Å². The van der Waals surface area contributed by atoms with Crippen LogP contribution < -0.4 is 0 Å². The zero-order valence-electron chi connectivity index (χ0n) is 7.75. The summed E-state index contributed by atoms with van der Waals surface area (Å²) in [5.74, 6) is 1.69. The SMILES string of the molecule is CCc1nnc2c(Br)c(Cl)nc(C)n12. The van der Waals surface area contributed by atoms with Gasteiger partial charge in [0, 0.05) is 6.42 Å². The van der Waals surface area contributed by atoms with Crippen LogP contribution in [0.3, 0.4) is 0 Å². The molecule has 0 atom stereocenters. The Morgan fingerprint density at radius 1 is 1.43 bits per heavy atom. The lowest BCUT2D eigenvalue weighted by Crippen LogP contribution is -2.00. The number of hydrogen-bond acceptors (Lipinski definition) is 3. The Hall–Kier alpha value is -0.680. The fourth-order valence-electron chi connectivity index (χ4n) is 1.36. The van der Waals surface area contributed by atoms with Gasteiger partial charge < -0.3 is 0 Å². The smallest absolute Gasteiger partial charge is 0.179 e. The predicted octanol–water partition coefficient (Wildman–Crippen LogP) is 2.41. The van der Waals surface area contributed by atoms with Crippen LogP contribution in [0.2, 0.25) is 5.15 Å². The number of fused-ring (bicyclic) bond motifs is 1. The molecular weight excluding hydrogens is 267 g/mol. The van der Waals surface area contributed by atoms with Gasteiger partial charge in [0.1, 0.15) is 21.3 Å². The monoisotopic (exact) mass is 274 g/mol. The third-order valence-corrected chi connectivity index (χ3v) is 3.24. The van der Waals surface area contributed by atoms with E-state index >= 15 is 0 Å². The molecule has 0 N–H and O–H groups in total. The fourth-order valence-corrected chi connectivity index (χ4v) is 1.91. The molecule has 0 unspecified atom stereocenters. The van der Waals surface area contributed by atoms with E-state index in [4.69, 9.17) is 11.6 Å². The first-order chi connectivity index (χ1) is 6.65. The summed E-state index contributed by atoms with van der Waals surface area (Å²) in [6.45, 7) is 3.91. The van der Waals surface area contributed by atoms with Gasteiger partial charge in [-0.15, -0.1) is 10.2 Å². The highest BCUT2D eigenvalue weighted by Gasteiger charge is 2.13. The predicted molar refractivity (Wildman–Crippen MR) is 57.6 cm³/mol. The van der Waals surface area contributed by atoms with Gasteiger partial charge in [-0.05, 0) is 22.9 Å². The van der Waals surface area contributed by atoms with Crippen LogP contribution >= 0.6 is 27.5 Å². The Labute approximate surface area is 94.4 Å². The van der Waals surface area contributed by atoms with Gasteiger partial charge in [-0.25, -0.2) is 4.98 Å². The first-order valence-electron chi connectivity index (χ1n) is 4.20. The Morgan fingerprint density at radius 2 is 2.14 bits per heavy atom. The molecule has 4 nitrogen and oxygen atoms in total. The van der Waals surface area contributed by atoms with Crippen LogP contribution in [0, 0.1) is 6.92 Å². The number of nitrogens with zero attached hydrogens (tertiary/aromatic N) is 4. The molecule has 0 aliphatic carbocycles. The van der Waals surface area contributed by atoms with E-state index < -0.39 is 0 Å². The van der Waals surface area contributed by atoms with E-state index in [1.807, 2.05) is 18.2 Å². The van der Waals surface area contributed by atoms with Crippen molar-refractivity contribution in [1.82, 2.24) is 19.6 Å². The third kappa shape index (κ3) is 1.31. The number of halogens is 2. The number of hydrogen-bond donors (Lipinski definition) is 0. The van der Waals surface area contributed by atoms with Crippen molar-refractivity contribution in [3.05, 3.63) is 21.3 Å². The molecule has 0 radical (unpaired) electrons. The molecule has 0 amide bonds. The summed E-state index contributed by atoms with van der Waals surface area (Å²) in [5, 5.41) is 8.53. The summed E-state index contributed by atoms with van der Waals surface area (Å²) in [7, 11) is 0. The summed E-state index contributed by atoms with van der Waals surface area (Å²) < 4.78 is 2.59. The van der Waals surface area contributed by atoms with E-state index in [1.54, 1.807) is 0 Å². The molecule has 0 aromatic carbocycles. The average molecular weight is 276 g/mol. The summed E-state index contributed by atoms with van der Waals surface area (Å²) in [6, 6.07) is 0. The van der Waals surface area contributed by atoms with Crippen LogP contribution in [0.5, 0.6) is 0 Å². The number of rotatable bonds is 1. The second-order valence-electron chi connectivity index (χ2n) is 2.89. The largest absolute Gasteiger partial charge is 0.266 e. The minimum atomic E-state index is 0.421. The first kappa shape index (κ1) is 9.86. The lowest BCUT2D eigenvalue weighted by Gasteiger charge is -2.03. The van der Waals surface area contributed by atoms with Gasteiger partial charge in [-0.3, -0.25) is 4.40 Å². The van der Waals surface area contributed by atoms with Crippen LogP contribution in [0.4, 0.5) is 0 Å². The van der Waals surface area contributed by atoms with Crippen LogP contribution in [-0.2, 0) is 6.42 Å². The minimum Gasteiger partial charge on any atom is -0.266 e. The van der Waals surface area contributed by atoms with E-state index in [-0.39, 0.29) is 0 Å². The number of aromatic nitrogens is 4. The van der Waals surface area contributed by atoms with E-state index in [0.717, 1.165) is 23.7 Å². The molecule has 6 heteroatoms. The standard InChI is InChI=1S/C8H8BrClN4/c1-3-5-12-13-8-6(9)7(10)11-4(2)14(5)8/h3H2,1-2H3. The molecule has 2 aromatic rings. The Kier molecular flexibility index (Phi) is 2.45. The van der Waals surface area contributed by atoms with Crippen LogP contribution in [-0.4, -0.2) is 19.6 Å². The Morgan fingerprint density at radius 3 is 2.79 bits per heavy atom. The minimum absolute atomic E-state index is 0.421. The molecule has 0 fully saturated rings. The van der Waals surface area contributed by atoms with Crippen LogP contribution in [0.15, 0.2) is 4.47 Å². The third-order valence-electron chi connectivity index (χ3n) is 2.01. The van der Waals surface area contributed by atoms with E-state index in [1.165, 1.54) is 0 Å². The molecule has 14 heavy (non-hydrogen) atoms. The van der Waals surface area contributed by atoms with Gasteiger partial charge in [-0.2, -0.15) is 0 Å². The van der Waals surface area contributed by atoms with E-state index in [0.29, 0.717) is 9.63 Å². The van der Waals surface area contributed by atoms with Gasteiger partial charge in [0.15, 0.2) is 5.65 Å². The maximum atomic E-state index is 5.91. The summed E-state index contributed by atoms with van der Waals surface area (Å²) >= 11 is 9.25. The lowest BCUT2D eigenvalue weighted by atomic mass is 10.4. The van der Waals surface area contributed by atoms with Crippen molar-refractivity contribution in [3.63, 3.8) is 0 Å². The van der Waals surface area contributed by atoms with E-state index in [2.05, 4.69) is 31.1 Å². The summed E-state index contributed by atoms with van der Waals surface area (Å²) in [5.41, 5.74) is 0.722. The fraction of sp³-hybridized carbons (Fsp3) is 0.375. The van der Waals surface area contributed by atoms with Gasteiger partial charge >= 0.3 is 0 Å². The Balaban J connectivity index is 2.90. The molecular formula is C8H8BrClN4. The molecule has 74 valence electrons. The van der Waals surface area contributed by atoms with E-state index in [9.17, 15) is 0 Å². The lowest BCUT2D eigenvalue weighted by molar-refractivity contribution is 0.865. The van der Waals surface area contributed by atoms with Crippen molar-refractivity contribution in [3.8, 4) is 0 Å². The maximum absolute atomic E-state index is 5.91. The average Bonchev–Trinajstić information content (AvgIpc) is 2.58. The highest BCUT2D eigenvalue weighted by molar-refractivity contribution is 9.10. The molecule has 2 rings (SSSR count). The normalized spacial score (nSPS) is 11.1. The second-order valence-corrected chi connectivity index (χ2v) is 4.04. The number of aryl methyl sites for hydroxylation is 2. The highest BCUT2D eigenvalue weighted by Crippen LogP contribution is 2.25. The molecule has 0 saturated heterocycles. The van der Waals surface area contributed by atoms with Gasteiger partial charge in [-0.1, -0.05) is 18.5 Å². The molecule has 0 bridgehead atoms. The van der Waals surface area contributed by atoms with Gasteiger partial charge in [0.05, 0.1) is 0 Å². The molecule has 0 saturated carbocycles. The van der Waals surface area contributed by atoms with Crippen molar-refractivity contribution in [2.75, 3.05) is 0 Å². The van der Waals surface area contributed by atoms with Crippen molar-refractivity contribution in [2.24, 2.45) is 0 Å². The van der Waals surface area contributed by atoms with Gasteiger partial charge in [0.2, 0.25) is 0 Å². The molecule has 2 aromatic heterocycles. The zero-order chi connectivity index (χ0) is 10.3. The molecule has 0 spiro atoms. The van der Waals surface area contributed by atoms with Crippen molar-refractivity contribution < 1.29 is 0 Å². The topological polar surface area (TPSA) is 43.1 Å². The zero-order valence-corrected chi connectivity index (χ0v) is 10.1. The first-order valence-corrected chi connectivity index (χ1v) is 5.37. The Bertz CT molecular complexity index is 494. The van der Waals surface area contributed by atoms with Crippen LogP contribution in [0.25, 0.3) is 5.65 Å². The van der Waals surface area contributed by atoms with Crippen molar-refractivity contribution in [1.29, 1.82) is 0 Å². The molecule has 0 aliphatic heterocycles. The second kappa shape index (κ2) is 3.47. The molecule has 0 aliphatic rings. The van der Waals surface area contributed by atoms with Gasteiger partial charge in [0.25, 0.3) is 0 Å². The molecule has 2 heterocycles. The maximum Gasteiger partial charge on any atom is 0.179 e.